The molecular weight excluding hydrogens is 240 g/mol. The summed E-state index contributed by atoms with van der Waals surface area (Å²) in [6.45, 7) is 1.70. The number of nitrogens with one attached hydrogen (secondary N) is 2. The molecule has 1 heterocycles. The summed E-state index contributed by atoms with van der Waals surface area (Å²) in [5.74, 6) is 0.476. The van der Waals surface area contributed by atoms with Gasteiger partial charge in [-0.05, 0) is 19.1 Å². The lowest BCUT2D eigenvalue weighted by Gasteiger charge is -2.11. The summed E-state index contributed by atoms with van der Waals surface area (Å²) in [6.07, 6.45) is 1.34. The molecule has 17 heavy (non-hydrogen) atoms. The minimum absolute atomic E-state index is 0.228. The zero-order valence-electron chi connectivity index (χ0n) is 9.16. The Kier molecular flexibility index (Phi) is 3.21. The van der Waals surface area contributed by atoms with Gasteiger partial charge < -0.3 is 0 Å². The number of hydrogen-bond acceptors (Lipinski definition) is 4. The number of nitrogens with zero attached hydrogens (tertiary/aromatic N) is 2. The van der Waals surface area contributed by atoms with Crippen molar-refractivity contribution in [2.24, 2.45) is 0 Å². The molecule has 0 radical (unpaired) electrons. The van der Waals surface area contributed by atoms with Crippen LogP contribution in [-0.2, 0) is 10.0 Å². The van der Waals surface area contributed by atoms with Gasteiger partial charge in [0.2, 0.25) is 10.0 Å². The van der Waals surface area contributed by atoms with Gasteiger partial charge in [0.1, 0.15) is 12.2 Å². The lowest BCUT2D eigenvalue weighted by Crippen LogP contribution is -2.27. The molecule has 1 atom stereocenters. The van der Waals surface area contributed by atoms with Crippen molar-refractivity contribution < 1.29 is 8.42 Å². The third-order valence-corrected chi connectivity index (χ3v) is 3.79. The first kappa shape index (κ1) is 11.7. The van der Waals surface area contributed by atoms with E-state index in [2.05, 4.69) is 19.9 Å². The van der Waals surface area contributed by atoms with Crippen LogP contribution in [0.4, 0.5) is 0 Å². The van der Waals surface area contributed by atoms with Crippen LogP contribution in [0, 0.1) is 0 Å². The molecule has 0 aliphatic rings. The van der Waals surface area contributed by atoms with Gasteiger partial charge in [-0.2, -0.15) is 5.10 Å². The average Bonchev–Trinajstić information content (AvgIpc) is 2.83. The molecule has 0 amide bonds. The predicted octanol–water partition coefficient (Wildman–Crippen LogP) is 0.844. The van der Waals surface area contributed by atoms with Gasteiger partial charge in [-0.1, -0.05) is 18.2 Å². The van der Waals surface area contributed by atoms with Crippen molar-refractivity contribution in [1.82, 2.24) is 19.9 Å². The lowest BCUT2D eigenvalue weighted by atomic mass is 10.3. The van der Waals surface area contributed by atoms with Crippen molar-refractivity contribution in [2.45, 2.75) is 17.9 Å². The molecule has 1 aromatic carbocycles. The van der Waals surface area contributed by atoms with Crippen LogP contribution in [0.1, 0.15) is 18.8 Å². The lowest BCUT2D eigenvalue weighted by molar-refractivity contribution is 0.560. The third kappa shape index (κ3) is 2.69. The molecule has 2 N–H and O–H groups in total. The van der Waals surface area contributed by atoms with E-state index in [4.69, 9.17) is 0 Å². The first-order valence-electron chi connectivity index (χ1n) is 5.02. The molecule has 0 aliphatic heterocycles. The Hall–Kier alpha value is -1.73. The number of hydrogen-bond donors (Lipinski definition) is 2. The number of sulfonamides is 1. The van der Waals surface area contributed by atoms with Crippen LogP contribution in [-0.4, -0.2) is 23.6 Å². The Morgan fingerprint density at radius 3 is 2.59 bits per heavy atom. The molecule has 1 unspecified atom stereocenters. The summed E-state index contributed by atoms with van der Waals surface area (Å²) in [5.41, 5.74) is 0. The van der Waals surface area contributed by atoms with Crippen LogP contribution in [0.5, 0.6) is 0 Å². The zero-order valence-corrected chi connectivity index (χ0v) is 9.98. The van der Waals surface area contributed by atoms with E-state index in [-0.39, 0.29) is 4.90 Å². The quantitative estimate of drug-likeness (QED) is 0.844. The summed E-state index contributed by atoms with van der Waals surface area (Å²) >= 11 is 0. The maximum atomic E-state index is 12.0. The summed E-state index contributed by atoms with van der Waals surface area (Å²) in [4.78, 5) is 4.13. The van der Waals surface area contributed by atoms with E-state index in [0.29, 0.717) is 5.82 Å². The fourth-order valence-corrected chi connectivity index (χ4v) is 2.61. The molecule has 7 heteroatoms. The molecular formula is C10H12N4O2S. The largest absolute Gasteiger partial charge is 0.262 e. The molecule has 2 aromatic rings. The Bertz CT molecular complexity index is 566. The Morgan fingerprint density at radius 2 is 2.00 bits per heavy atom. The highest BCUT2D eigenvalue weighted by molar-refractivity contribution is 7.89. The highest BCUT2D eigenvalue weighted by Crippen LogP contribution is 2.12. The molecule has 90 valence electrons. The van der Waals surface area contributed by atoms with Gasteiger partial charge in [0.25, 0.3) is 0 Å². The van der Waals surface area contributed by atoms with E-state index in [1.54, 1.807) is 25.1 Å². The summed E-state index contributed by atoms with van der Waals surface area (Å²) in [6, 6.07) is 7.73. The highest BCUT2D eigenvalue weighted by atomic mass is 32.2. The van der Waals surface area contributed by atoms with Crippen molar-refractivity contribution in [2.75, 3.05) is 0 Å². The second-order valence-electron chi connectivity index (χ2n) is 3.53. The van der Waals surface area contributed by atoms with E-state index in [0.717, 1.165) is 0 Å². The molecule has 0 saturated carbocycles. The first-order chi connectivity index (χ1) is 8.09. The van der Waals surface area contributed by atoms with Crippen molar-refractivity contribution in [3.05, 3.63) is 42.5 Å². The maximum absolute atomic E-state index is 12.0. The van der Waals surface area contributed by atoms with Gasteiger partial charge in [-0.3, -0.25) is 5.10 Å². The SMILES string of the molecule is CC(NS(=O)(=O)c1ccccc1)c1ncn[nH]1. The molecule has 0 bridgehead atoms. The fraction of sp³-hybridized carbons (Fsp3) is 0.200. The fourth-order valence-electron chi connectivity index (χ4n) is 1.38. The van der Waals surface area contributed by atoms with E-state index < -0.39 is 16.1 Å². The highest BCUT2D eigenvalue weighted by Gasteiger charge is 2.19. The van der Waals surface area contributed by atoms with E-state index >= 15 is 0 Å². The van der Waals surface area contributed by atoms with Crippen LogP contribution in [0.2, 0.25) is 0 Å². The van der Waals surface area contributed by atoms with Crippen LogP contribution in [0.15, 0.2) is 41.6 Å². The molecule has 0 spiro atoms. The van der Waals surface area contributed by atoms with Crippen molar-refractivity contribution in [3.63, 3.8) is 0 Å². The van der Waals surface area contributed by atoms with Crippen LogP contribution < -0.4 is 4.72 Å². The van der Waals surface area contributed by atoms with Crippen molar-refractivity contribution >= 4 is 10.0 Å². The number of benzene rings is 1. The predicted molar refractivity (Wildman–Crippen MR) is 61.6 cm³/mol. The maximum Gasteiger partial charge on any atom is 0.241 e. The normalized spacial score (nSPS) is 13.5. The molecule has 1 aromatic heterocycles. The number of H-pyrrole nitrogens is 1. The van der Waals surface area contributed by atoms with Crippen LogP contribution >= 0.6 is 0 Å². The van der Waals surface area contributed by atoms with Gasteiger partial charge >= 0.3 is 0 Å². The second kappa shape index (κ2) is 4.64. The first-order valence-corrected chi connectivity index (χ1v) is 6.50. The summed E-state index contributed by atoms with van der Waals surface area (Å²) in [7, 11) is -3.52. The topological polar surface area (TPSA) is 87.7 Å². The molecule has 0 saturated heterocycles. The van der Waals surface area contributed by atoms with Crippen LogP contribution in [0.25, 0.3) is 0 Å². The second-order valence-corrected chi connectivity index (χ2v) is 5.24. The molecule has 0 aliphatic carbocycles. The Balaban J connectivity index is 2.19. The monoisotopic (exact) mass is 252 g/mol. The average molecular weight is 252 g/mol. The van der Waals surface area contributed by atoms with E-state index in [9.17, 15) is 8.42 Å². The van der Waals surface area contributed by atoms with Crippen LogP contribution in [0.3, 0.4) is 0 Å². The van der Waals surface area contributed by atoms with Gasteiger partial charge in [-0.15, -0.1) is 0 Å². The number of rotatable bonds is 4. The number of aromatic amines is 1. The van der Waals surface area contributed by atoms with E-state index in [1.807, 2.05) is 0 Å². The Morgan fingerprint density at radius 1 is 1.29 bits per heavy atom. The standard InChI is InChI=1S/C10H12N4O2S/c1-8(10-11-7-12-13-10)14-17(15,16)9-5-3-2-4-6-9/h2-8,14H,1H3,(H,11,12,13). The van der Waals surface area contributed by atoms with Crippen molar-refractivity contribution in [1.29, 1.82) is 0 Å². The molecule has 6 nitrogen and oxygen atoms in total. The van der Waals surface area contributed by atoms with Gasteiger partial charge in [0, 0.05) is 0 Å². The molecule has 0 fully saturated rings. The summed E-state index contributed by atoms with van der Waals surface area (Å²) in [5, 5.41) is 6.30. The molecule has 2 rings (SSSR count). The zero-order chi connectivity index (χ0) is 12.3. The number of aromatic nitrogens is 3. The van der Waals surface area contributed by atoms with Gasteiger partial charge in [-0.25, -0.2) is 18.1 Å². The smallest absolute Gasteiger partial charge is 0.241 e. The minimum atomic E-state index is -3.52. The van der Waals surface area contributed by atoms with E-state index in [1.165, 1.54) is 18.5 Å². The summed E-state index contributed by atoms with van der Waals surface area (Å²) < 4.78 is 26.4. The van der Waals surface area contributed by atoms with Gasteiger partial charge in [0.05, 0.1) is 10.9 Å². The van der Waals surface area contributed by atoms with Crippen molar-refractivity contribution in [3.8, 4) is 0 Å². The minimum Gasteiger partial charge on any atom is -0.262 e. The van der Waals surface area contributed by atoms with Gasteiger partial charge in [0.15, 0.2) is 0 Å². The Labute approximate surface area is 99.1 Å². The third-order valence-electron chi connectivity index (χ3n) is 2.23.